The summed E-state index contributed by atoms with van der Waals surface area (Å²) in [6.07, 6.45) is -2.10. The smallest absolute Gasteiger partial charge is 0.315 e. The largest absolute Gasteiger partial charge is 0.386 e. The summed E-state index contributed by atoms with van der Waals surface area (Å²) in [6, 6.07) is 5.48. The van der Waals surface area contributed by atoms with Crippen molar-refractivity contribution in [3.63, 3.8) is 0 Å². The second-order valence-electron chi connectivity index (χ2n) is 4.99. The summed E-state index contributed by atoms with van der Waals surface area (Å²) in [7, 11) is 0. The van der Waals surface area contributed by atoms with Crippen LogP contribution in [0.4, 0.5) is 17.6 Å². The van der Waals surface area contributed by atoms with Gasteiger partial charge in [-0.3, -0.25) is 9.78 Å². The van der Waals surface area contributed by atoms with E-state index in [1.165, 1.54) is 18.3 Å². The number of aliphatic hydroxyl groups excluding tert-OH is 1. The monoisotopic (exact) mass is 342 g/mol. The minimum Gasteiger partial charge on any atom is -0.386 e. The van der Waals surface area contributed by atoms with Crippen molar-refractivity contribution >= 4 is 5.91 Å². The van der Waals surface area contributed by atoms with Gasteiger partial charge < -0.3 is 10.4 Å². The molecule has 2 atom stereocenters. The molecule has 1 aromatic carbocycles. The van der Waals surface area contributed by atoms with E-state index in [-0.39, 0.29) is 5.56 Å². The lowest BCUT2D eigenvalue weighted by Crippen LogP contribution is -2.43. The molecule has 0 aliphatic carbocycles. The summed E-state index contributed by atoms with van der Waals surface area (Å²) in [5.41, 5.74) is 0.801. The van der Waals surface area contributed by atoms with Crippen LogP contribution in [0.3, 0.4) is 0 Å². The number of aromatic nitrogens is 1. The second-order valence-corrected chi connectivity index (χ2v) is 4.99. The number of nitrogens with one attached hydrogen (secondary N) is 1. The molecule has 4 nitrogen and oxygen atoms in total. The highest BCUT2D eigenvalue weighted by Crippen LogP contribution is 2.26. The van der Waals surface area contributed by atoms with Crippen molar-refractivity contribution in [2.45, 2.75) is 18.6 Å². The third kappa shape index (κ3) is 4.08. The van der Waals surface area contributed by atoms with Crippen LogP contribution in [-0.2, 0) is 4.79 Å². The molecule has 0 aliphatic rings. The molecule has 24 heavy (non-hydrogen) atoms. The predicted octanol–water partition coefficient (Wildman–Crippen LogP) is 2.64. The Bertz CT molecular complexity index is 698. The molecule has 0 radical (unpaired) electrons. The number of carbonyl (C=O) groups excluding carboxylic acids is 1. The highest BCUT2D eigenvalue weighted by molar-refractivity contribution is 5.79. The van der Waals surface area contributed by atoms with Crippen molar-refractivity contribution in [1.82, 2.24) is 10.3 Å². The zero-order valence-corrected chi connectivity index (χ0v) is 12.3. The van der Waals surface area contributed by atoms with E-state index < -0.39 is 37.0 Å². The summed E-state index contributed by atoms with van der Waals surface area (Å²) in [5, 5.41) is 11.6. The Labute approximate surface area is 135 Å². The minimum atomic E-state index is -3.36. The molecule has 1 aromatic heterocycles. The molecule has 2 rings (SSSR count). The molecule has 0 bridgehead atoms. The van der Waals surface area contributed by atoms with E-state index in [1.807, 2.05) is 0 Å². The van der Waals surface area contributed by atoms with Gasteiger partial charge in [0.15, 0.2) is 0 Å². The summed E-state index contributed by atoms with van der Waals surface area (Å²) in [5.74, 6) is -2.59. The van der Waals surface area contributed by atoms with Gasteiger partial charge in [-0.05, 0) is 17.7 Å². The van der Waals surface area contributed by atoms with Crippen LogP contribution in [0.2, 0.25) is 0 Å². The van der Waals surface area contributed by atoms with E-state index in [2.05, 4.69) is 4.98 Å². The predicted molar refractivity (Wildman–Crippen MR) is 78.5 cm³/mol. The maximum absolute atomic E-state index is 14.2. The number of halogens is 4. The van der Waals surface area contributed by atoms with Crippen molar-refractivity contribution < 1.29 is 27.5 Å². The molecule has 2 aromatic rings. The average Bonchev–Trinajstić information content (AvgIpc) is 2.59. The van der Waals surface area contributed by atoms with Crippen LogP contribution < -0.4 is 5.32 Å². The van der Waals surface area contributed by atoms with Gasteiger partial charge in [-0.25, -0.2) is 8.78 Å². The molecule has 2 unspecified atom stereocenters. The Hall–Kier alpha value is -2.48. The topological polar surface area (TPSA) is 62.2 Å². The van der Waals surface area contributed by atoms with E-state index >= 15 is 0 Å². The SMILES string of the molecule is O=C(NC(CF)C(O)c1ccc(-c2cccnc2)cc1F)C(F)F. The lowest BCUT2D eigenvalue weighted by atomic mass is 9.98. The minimum absolute atomic E-state index is 0.306. The highest BCUT2D eigenvalue weighted by atomic mass is 19.3. The lowest BCUT2D eigenvalue weighted by molar-refractivity contribution is -0.133. The zero-order chi connectivity index (χ0) is 17.7. The van der Waals surface area contributed by atoms with Crippen LogP contribution >= 0.6 is 0 Å². The maximum atomic E-state index is 14.2. The van der Waals surface area contributed by atoms with Crippen molar-refractivity contribution in [3.8, 4) is 11.1 Å². The number of hydrogen-bond donors (Lipinski definition) is 2. The Balaban J connectivity index is 2.23. The lowest BCUT2D eigenvalue weighted by Gasteiger charge is -2.22. The molecule has 0 aliphatic heterocycles. The van der Waals surface area contributed by atoms with Gasteiger partial charge in [-0.2, -0.15) is 8.78 Å². The van der Waals surface area contributed by atoms with Gasteiger partial charge in [0, 0.05) is 23.5 Å². The number of aliphatic hydroxyl groups is 1. The molecule has 8 heteroatoms. The Morgan fingerprint density at radius 1 is 1.25 bits per heavy atom. The van der Waals surface area contributed by atoms with Gasteiger partial charge in [0.05, 0.1) is 6.04 Å². The van der Waals surface area contributed by atoms with Gasteiger partial charge in [0.25, 0.3) is 5.91 Å². The van der Waals surface area contributed by atoms with Crippen LogP contribution in [0.1, 0.15) is 11.7 Å². The van der Waals surface area contributed by atoms with Gasteiger partial charge >= 0.3 is 6.43 Å². The fraction of sp³-hybridized carbons (Fsp3) is 0.250. The van der Waals surface area contributed by atoms with Crippen LogP contribution in [0.25, 0.3) is 11.1 Å². The molecule has 0 fully saturated rings. The van der Waals surface area contributed by atoms with Crippen LogP contribution in [0.5, 0.6) is 0 Å². The normalized spacial score (nSPS) is 13.6. The maximum Gasteiger partial charge on any atom is 0.315 e. The van der Waals surface area contributed by atoms with E-state index in [0.717, 1.165) is 6.07 Å². The van der Waals surface area contributed by atoms with Crippen LogP contribution in [-0.4, -0.2) is 35.1 Å². The van der Waals surface area contributed by atoms with Gasteiger partial charge in [-0.1, -0.05) is 18.2 Å². The third-order valence-corrected chi connectivity index (χ3v) is 3.39. The van der Waals surface area contributed by atoms with Crippen LogP contribution in [0, 0.1) is 5.82 Å². The number of benzene rings is 1. The van der Waals surface area contributed by atoms with Gasteiger partial charge in [0.2, 0.25) is 0 Å². The van der Waals surface area contributed by atoms with Crippen LogP contribution in [0.15, 0.2) is 42.7 Å². The third-order valence-electron chi connectivity index (χ3n) is 3.39. The molecule has 0 saturated carbocycles. The number of carbonyl (C=O) groups is 1. The van der Waals surface area contributed by atoms with E-state index in [9.17, 15) is 27.5 Å². The first-order valence-electron chi connectivity index (χ1n) is 6.96. The summed E-state index contributed by atoms with van der Waals surface area (Å²) in [6.45, 7) is -1.33. The first-order chi connectivity index (χ1) is 11.4. The number of nitrogens with zero attached hydrogens (tertiary/aromatic N) is 1. The quantitative estimate of drug-likeness (QED) is 0.794. The number of rotatable bonds is 6. The van der Waals surface area contributed by atoms with Gasteiger partial charge in [0.1, 0.15) is 18.6 Å². The van der Waals surface area contributed by atoms with Crippen molar-refractivity contribution in [2.75, 3.05) is 6.67 Å². The number of amides is 1. The Kier molecular flexibility index (Phi) is 5.86. The molecule has 1 amide bonds. The molecule has 1 heterocycles. The first kappa shape index (κ1) is 17.9. The standard InChI is InChI=1S/C16H14F4N2O2/c17-7-13(22-16(24)15(19)20)14(23)11-4-3-9(6-12(11)18)10-2-1-5-21-8-10/h1-6,8,13-15,23H,7H2,(H,22,24). The molecular formula is C16H14F4N2O2. The Morgan fingerprint density at radius 3 is 2.54 bits per heavy atom. The molecule has 2 N–H and O–H groups in total. The van der Waals surface area contributed by atoms with Crippen molar-refractivity contribution in [3.05, 3.63) is 54.1 Å². The molecule has 0 saturated heterocycles. The Morgan fingerprint density at radius 2 is 2.00 bits per heavy atom. The molecular weight excluding hydrogens is 328 g/mol. The number of hydrogen-bond acceptors (Lipinski definition) is 3. The van der Waals surface area contributed by atoms with Crippen molar-refractivity contribution in [2.24, 2.45) is 0 Å². The first-order valence-corrected chi connectivity index (χ1v) is 6.96. The highest BCUT2D eigenvalue weighted by Gasteiger charge is 2.28. The summed E-state index contributed by atoms with van der Waals surface area (Å²) < 4.78 is 51.6. The fourth-order valence-corrected chi connectivity index (χ4v) is 2.14. The van der Waals surface area contributed by atoms with E-state index in [1.54, 1.807) is 23.6 Å². The molecule has 128 valence electrons. The summed E-state index contributed by atoms with van der Waals surface area (Å²) in [4.78, 5) is 14.8. The van der Waals surface area contributed by atoms with E-state index in [4.69, 9.17) is 0 Å². The zero-order valence-electron chi connectivity index (χ0n) is 12.3. The van der Waals surface area contributed by atoms with E-state index in [0.29, 0.717) is 11.1 Å². The number of alkyl halides is 3. The summed E-state index contributed by atoms with van der Waals surface area (Å²) >= 11 is 0. The van der Waals surface area contributed by atoms with Gasteiger partial charge in [-0.15, -0.1) is 0 Å². The fourth-order valence-electron chi connectivity index (χ4n) is 2.14. The van der Waals surface area contributed by atoms with Crippen molar-refractivity contribution in [1.29, 1.82) is 0 Å². The number of pyridine rings is 1. The molecule has 0 spiro atoms. The second kappa shape index (κ2) is 7.87. The average molecular weight is 342 g/mol.